The third-order valence-electron chi connectivity index (χ3n) is 4.99. The molecule has 0 aliphatic carbocycles. The van der Waals surface area contributed by atoms with Gasteiger partial charge in [-0.15, -0.1) is 0 Å². The van der Waals surface area contributed by atoms with E-state index in [1.807, 2.05) is 18.5 Å². The van der Waals surface area contributed by atoms with Crippen LogP contribution in [0, 0.1) is 5.82 Å². The Kier molecular flexibility index (Phi) is 3.28. The molecule has 5 nitrogen and oxygen atoms in total. The van der Waals surface area contributed by atoms with Crippen molar-refractivity contribution in [3.05, 3.63) is 65.4 Å². The Morgan fingerprint density at radius 2 is 2.20 bits per heavy atom. The van der Waals surface area contributed by atoms with Crippen molar-refractivity contribution in [2.75, 3.05) is 11.4 Å². The maximum absolute atomic E-state index is 13.6. The van der Waals surface area contributed by atoms with Crippen LogP contribution in [0.5, 0.6) is 0 Å². The van der Waals surface area contributed by atoms with E-state index in [-0.39, 0.29) is 11.3 Å². The van der Waals surface area contributed by atoms with Crippen LogP contribution in [0.2, 0.25) is 5.02 Å². The minimum Gasteiger partial charge on any atom is -0.336 e. The van der Waals surface area contributed by atoms with Gasteiger partial charge in [0.25, 0.3) is 0 Å². The standard InChI is InChI=1S/C18H17ClFN5/c19-15-10-13(3-4-16(15)20)25-11-14-2-1-7-24(14)18(25)23-8-5-17-21-6-9-22(17)12-23/h3-6,8-11,18H,1-2,7,12H2. The van der Waals surface area contributed by atoms with Crippen molar-refractivity contribution < 1.29 is 4.39 Å². The topological polar surface area (TPSA) is 27.5 Å². The van der Waals surface area contributed by atoms with Crippen LogP contribution in [-0.4, -0.2) is 32.2 Å². The summed E-state index contributed by atoms with van der Waals surface area (Å²) in [6.45, 7) is 1.74. The van der Waals surface area contributed by atoms with E-state index in [1.165, 1.54) is 11.8 Å². The number of nitrogens with zero attached hydrogens (tertiary/aromatic N) is 5. The van der Waals surface area contributed by atoms with Crippen molar-refractivity contribution in [3.8, 4) is 0 Å². The van der Waals surface area contributed by atoms with E-state index in [0.29, 0.717) is 0 Å². The van der Waals surface area contributed by atoms with Gasteiger partial charge in [0.05, 0.1) is 11.7 Å². The lowest BCUT2D eigenvalue weighted by atomic mass is 10.2. The lowest BCUT2D eigenvalue weighted by molar-refractivity contribution is 0.110. The molecule has 5 rings (SSSR count). The Hall–Kier alpha value is -2.47. The number of aromatic nitrogens is 2. The lowest BCUT2D eigenvalue weighted by Crippen LogP contribution is -2.51. The molecule has 3 aliphatic rings. The molecule has 0 spiro atoms. The summed E-state index contributed by atoms with van der Waals surface area (Å²) in [6.07, 6.45) is 12.3. The van der Waals surface area contributed by atoms with Crippen molar-refractivity contribution in [1.82, 2.24) is 19.4 Å². The van der Waals surface area contributed by atoms with Crippen LogP contribution < -0.4 is 4.90 Å². The van der Waals surface area contributed by atoms with E-state index < -0.39 is 5.82 Å². The largest absolute Gasteiger partial charge is 0.336 e. The first-order chi connectivity index (χ1) is 12.2. The van der Waals surface area contributed by atoms with Gasteiger partial charge in [-0.2, -0.15) is 0 Å². The zero-order valence-electron chi connectivity index (χ0n) is 13.5. The predicted octanol–water partition coefficient (Wildman–Crippen LogP) is 3.66. The smallest absolute Gasteiger partial charge is 0.185 e. The van der Waals surface area contributed by atoms with E-state index >= 15 is 0 Å². The van der Waals surface area contributed by atoms with E-state index in [0.717, 1.165) is 37.6 Å². The van der Waals surface area contributed by atoms with Crippen molar-refractivity contribution in [3.63, 3.8) is 0 Å². The van der Waals surface area contributed by atoms with Crippen LogP contribution >= 0.6 is 11.6 Å². The van der Waals surface area contributed by atoms with Crippen molar-refractivity contribution in [2.45, 2.75) is 25.8 Å². The third-order valence-corrected chi connectivity index (χ3v) is 5.28. The quantitative estimate of drug-likeness (QED) is 0.819. The van der Waals surface area contributed by atoms with Gasteiger partial charge in [0.2, 0.25) is 0 Å². The van der Waals surface area contributed by atoms with Gasteiger partial charge in [-0.05, 0) is 37.1 Å². The Balaban J connectivity index is 1.52. The molecule has 0 N–H and O–H groups in total. The average Bonchev–Trinajstić information content (AvgIpc) is 3.31. The highest BCUT2D eigenvalue weighted by Gasteiger charge is 2.39. The Morgan fingerprint density at radius 3 is 3.08 bits per heavy atom. The van der Waals surface area contributed by atoms with Crippen LogP contribution in [0.15, 0.2) is 48.7 Å². The second-order valence-electron chi connectivity index (χ2n) is 6.50. The van der Waals surface area contributed by atoms with Gasteiger partial charge in [-0.3, -0.25) is 0 Å². The first kappa shape index (κ1) is 14.8. The Morgan fingerprint density at radius 1 is 1.28 bits per heavy atom. The summed E-state index contributed by atoms with van der Waals surface area (Å²) in [5, 5.41) is 0.146. The molecule has 4 heterocycles. The number of benzene rings is 1. The monoisotopic (exact) mass is 357 g/mol. The van der Waals surface area contributed by atoms with Crippen LogP contribution in [0.4, 0.5) is 10.1 Å². The number of hydrogen-bond acceptors (Lipinski definition) is 4. The minimum atomic E-state index is -0.393. The molecule has 2 aromatic rings. The van der Waals surface area contributed by atoms with E-state index in [4.69, 9.17) is 11.6 Å². The second-order valence-corrected chi connectivity index (χ2v) is 6.90. The molecule has 0 amide bonds. The van der Waals surface area contributed by atoms with Crippen molar-refractivity contribution in [2.24, 2.45) is 0 Å². The van der Waals surface area contributed by atoms with Gasteiger partial charge in [-0.1, -0.05) is 11.6 Å². The number of imidazole rings is 1. The number of rotatable bonds is 2. The summed E-state index contributed by atoms with van der Waals surface area (Å²) < 4.78 is 15.7. The third kappa shape index (κ3) is 2.32. The SMILES string of the molecule is Fc1ccc(N2C=C3CCCN3C2N2C=Cc3nccn3C2)cc1Cl. The molecule has 1 unspecified atom stereocenters. The average molecular weight is 358 g/mol. The van der Waals surface area contributed by atoms with Crippen molar-refractivity contribution in [1.29, 1.82) is 0 Å². The molecule has 25 heavy (non-hydrogen) atoms. The van der Waals surface area contributed by atoms with Crippen molar-refractivity contribution >= 4 is 23.4 Å². The molecule has 1 saturated heterocycles. The highest BCUT2D eigenvalue weighted by molar-refractivity contribution is 6.31. The Labute approximate surface area is 150 Å². The predicted molar refractivity (Wildman–Crippen MR) is 94.8 cm³/mol. The van der Waals surface area contributed by atoms with Crippen LogP contribution in [0.1, 0.15) is 18.7 Å². The Bertz CT molecular complexity index is 889. The molecular formula is C18H17ClFN5. The maximum atomic E-state index is 13.6. The molecule has 3 aliphatic heterocycles. The van der Waals surface area contributed by atoms with Crippen LogP contribution in [-0.2, 0) is 6.67 Å². The molecule has 0 radical (unpaired) electrons. The number of allylic oxidation sites excluding steroid dienone is 1. The highest BCUT2D eigenvalue weighted by atomic mass is 35.5. The minimum absolute atomic E-state index is 0.0193. The van der Waals surface area contributed by atoms with Crippen LogP contribution in [0.25, 0.3) is 6.08 Å². The molecular weight excluding hydrogens is 341 g/mol. The van der Waals surface area contributed by atoms with Crippen LogP contribution in [0.3, 0.4) is 0 Å². The molecule has 1 aromatic carbocycles. The molecule has 0 bridgehead atoms. The zero-order valence-corrected chi connectivity index (χ0v) is 14.3. The molecule has 1 fully saturated rings. The second kappa shape index (κ2) is 5.52. The molecule has 1 aromatic heterocycles. The van der Waals surface area contributed by atoms with E-state index in [2.05, 4.69) is 36.7 Å². The maximum Gasteiger partial charge on any atom is 0.185 e. The fourth-order valence-electron chi connectivity index (χ4n) is 3.82. The molecule has 128 valence electrons. The molecule has 0 saturated carbocycles. The number of fused-ring (bicyclic) bond motifs is 2. The number of anilines is 1. The highest BCUT2D eigenvalue weighted by Crippen LogP contribution is 2.38. The summed E-state index contributed by atoms with van der Waals surface area (Å²) in [5.74, 6) is 0.565. The normalized spacial score (nSPS) is 21.6. The first-order valence-electron chi connectivity index (χ1n) is 8.36. The number of halogens is 2. The first-order valence-corrected chi connectivity index (χ1v) is 8.74. The van der Waals surface area contributed by atoms with Gasteiger partial charge in [0.15, 0.2) is 6.29 Å². The summed E-state index contributed by atoms with van der Waals surface area (Å²) in [6, 6.07) is 4.90. The van der Waals surface area contributed by atoms with Gasteiger partial charge in [0.1, 0.15) is 11.6 Å². The summed E-state index contributed by atoms with van der Waals surface area (Å²) >= 11 is 6.02. The fraction of sp³-hybridized carbons (Fsp3) is 0.278. The summed E-state index contributed by atoms with van der Waals surface area (Å²) in [5.41, 5.74) is 2.21. The van der Waals surface area contributed by atoms with Gasteiger partial charge in [0, 0.05) is 42.7 Å². The number of hydrogen-bond donors (Lipinski definition) is 0. The summed E-state index contributed by atoms with van der Waals surface area (Å²) in [4.78, 5) is 11.2. The molecule has 1 atom stereocenters. The molecule has 7 heteroatoms. The van der Waals surface area contributed by atoms with Gasteiger partial charge in [-0.25, -0.2) is 9.37 Å². The van der Waals surface area contributed by atoms with Gasteiger partial charge >= 0.3 is 0 Å². The van der Waals surface area contributed by atoms with E-state index in [1.54, 1.807) is 12.1 Å². The fourth-order valence-corrected chi connectivity index (χ4v) is 4.00. The van der Waals surface area contributed by atoms with Gasteiger partial charge < -0.3 is 19.3 Å². The lowest BCUT2D eigenvalue weighted by Gasteiger charge is -2.41. The zero-order chi connectivity index (χ0) is 17.0. The van der Waals surface area contributed by atoms with E-state index in [9.17, 15) is 4.39 Å². The summed E-state index contributed by atoms with van der Waals surface area (Å²) in [7, 11) is 0.